The fourth-order valence-electron chi connectivity index (χ4n) is 1.69. The molecule has 1 atom stereocenters. The lowest BCUT2D eigenvalue weighted by atomic mass is 10.1. The molecule has 2 nitrogen and oxygen atoms in total. The molecule has 0 spiro atoms. The van der Waals surface area contributed by atoms with Gasteiger partial charge in [-0.2, -0.15) is 0 Å². The number of thiophene rings is 1. The third-order valence-electron chi connectivity index (χ3n) is 2.79. The monoisotopic (exact) mass is 355 g/mol. The SMILES string of the molecule is CSc1ccc(C(C)NC(=O)c2sccc2Br)cc1. The van der Waals surface area contributed by atoms with Crippen LogP contribution in [0.5, 0.6) is 0 Å². The van der Waals surface area contributed by atoms with Crippen LogP contribution in [0.4, 0.5) is 0 Å². The van der Waals surface area contributed by atoms with Crippen LogP contribution < -0.4 is 5.32 Å². The smallest absolute Gasteiger partial charge is 0.262 e. The summed E-state index contributed by atoms with van der Waals surface area (Å²) in [6, 6.07) is 10.1. The van der Waals surface area contributed by atoms with E-state index >= 15 is 0 Å². The van der Waals surface area contributed by atoms with Crippen molar-refractivity contribution in [3.05, 3.63) is 50.6 Å². The van der Waals surface area contributed by atoms with Gasteiger partial charge in [0, 0.05) is 9.37 Å². The topological polar surface area (TPSA) is 29.1 Å². The Labute approximate surface area is 129 Å². The third-order valence-corrected chi connectivity index (χ3v) is 5.37. The zero-order valence-electron chi connectivity index (χ0n) is 10.6. The fraction of sp³-hybridized carbons (Fsp3) is 0.214. The number of hydrogen-bond donors (Lipinski definition) is 1. The summed E-state index contributed by atoms with van der Waals surface area (Å²) in [6.45, 7) is 1.99. The van der Waals surface area contributed by atoms with Crippen LogP contribution in [0.3, 0.4) is 0 Å². The summed E-state index contributed by atoms with van der Waals surface area (Å²) in [6.07, 6.45) is 2.05. The van der Waals surface area contributed by atoms with Gasteiger partial charge >= 0.3 is 0 Å². The van der Waals surface area contributed by atoms with Crippen molar-refractivity contribution in [2.75, 3.05) is 6.26 Å². The molecule has 0 radical (unpaired) electrons. The molecule has 0 bridgehead atoms. The molecule has 0 aliphatic carbocycles. The molecule has 0 aliphatic heterocycles. The maximum Gasteiger partial charge on any atom is 0.262 e. The van der Waals surface area contributed by atoms with Crippen molar-refractivity contribution < 1.29 is 4.79 Å². The van der Waals surface area contributed by atoms with Crippen LogP contribution >= 0.6 is 39.0 Å². The molecule has 1 aromatic heterocycles. The van der Waals surface area contributed by atoms with Gasteiger partial charge in [0.25, 0.3) is 5.91 Å². The highest BCUT2D eigenvalue weighted by atomic mass is 79.9. The van der Waals surface area contributed by atoms with Crippen molar-refractivity contribution >= 4 is 44.9 Å². The number of nitrogens with one attached hydrogen (secondary N) is 1. The molecular formula is C14H14BrNOS2. The molecule has 1 unspecified atom stereocenters. The van der Waals surface area contributed by atoms with Gasteiger partial charge in [-0.1, -0.05) is 12.1 Å². The summed E-state index contributed by atoms with van der Waals surface area (Å²) >= 11 is 6.53. The molecule has 19 heavy (non-hydrogen) atoms. The van der Waals surface area contributed by atoms with Crippen LogP contribution in [-0.4, -0.2) is 12.2 Å². The molecule has 0 aliphatic rings. The molecule has 0 saturated heterocycles. The lowest BCUT2D eigenvalue weighted by Crippen LogP contribution is -2.26. The van der Waals surface area contributed by atoms with Crippen molar-refractivity contribution in [1.82, 2.24) is 5.32 Å². The summed E-state index contributed by atoms with van der Waals surface area (Å²) in [5.41, 5.74) is 1.11. The second-order valence-corrected chi connectivity index (χ2v) is 6.72. The van der Waals surface area contributed by atoms with Gasteiger partial charge in [0.05, 0.1) is 6.04 Å². The minimum absolute atomic E-state index is 0.00240. The van der Waals surface area contributed by atoms with Gasteiger partial charge < -0.3 is 5.32 Å². The van der Waals surface area contributed by atoms with Gasteiger partial charge in [0.1, 0.15) is 4.88 Å². The number of benzene rings is 1. The van der Waals surface area contributed by atoms with Crippen LogP contribution in [0, 0.1) is 0 Å². The molecule has 100 valence electrons. The standard InChI is InChI=1S/C14H14BrNOS2/c1-9(10-3-5-11(18-2)6-4-10)16-14(17)13-12(15)7-8-19-13/h3-9H,1-2H3,(H,16,17). The van der Waals surface area contributed by atoms with E-state index in [9.17, 15) is 4.79 Å². The van der Waals surface area contributed by atoms with Crippen molar-refractivity contribution in [3.8, 4) is 0 Å². The van der Waals surface area contributed by atoms with Gasteiger partial charge in [-0.25, -0.2) is 0 Å². The van der Waals surface area contributed by atoms with Gasteiger partial charge in [-0.3, -0.25) is 4.79 Å². The lowest BCUT2D eigenvalue weighted by molar-refractivity contribution is 0.0943. The number of halogens is 1. The van der Waals surface area contributed by atoms with Crippen molar-refractivity contribution in [1.29, 1.82) is 0 Å². The number of rotatable bonds is 4. The second-order valence-electron chi connectivity index (χ2n) is 4.07. The van der Waals surface area contributed by atoms with Crippen LogP contribution in [0.15, 0.2) is 45.1 Å². The van der Waals surface area contributed by atoms with E-state index in [1.54, 1.807) is 11.8 Å². The normalized spacial score (nSPS) is 12.2. The summed E-state index contributed by atoms with van der Waals surface area (Å²) in [7, 11) is 0. The zero-order chi connectivity index (χ0) is 13.8. The van der Waals surface area contributed by atoms with E-state index in [1.807, 2.05) is 18.4 Å². The van der Waals surface area contributed by atoms with E-state index in [4.69, 9.17) is 0 Å². The molecule has 1 N–H and O–H groups in total. The highest BCUT2D eigenvalue weighted by Crippen LogP contribution is 2.24. The Morgan fingerprint density at radius 3 is 2.53 bits per heavy atom. The summed E-state index contributed by atoms with van der Waals surface area (Å²) in [5, 5.41) is 4.91. The fourth-order valence-corrected chi connectivity index (χ4v) is 3.56. The first kappa shape index (κ1) is 14.6. The number of thioether (sulfide) groups is 1. The number of carbonyl (C=O) groups is 1. The van der Waals surface area contributed by atoms with Gasteiger partial charge in [-0.15, -0.1) is 23.1 Å². The zero-order valence-corrected chi connectivity index (χ0v) is 13.9. The molecule has 1 heterocycles. The maximum absolute atomic E-state index is 12.1. The van der Waals surface area contributed by atoms with E-state index < -0.39 is 0 Å². The molecule has 0 saturated carbocycles. The predicted octanol–water partition coefficient (Wildman–Crippen LogP) is 4.72. The summed E-state index contributed by atoms with van der Waals surface area (Å²) in [5.74, 6) is -0.0386. The Hall–Kier alpha value is -0.780. The van der Waals surface area contributed by atoms with Gasteiger partial charge in [-0.05, 0) is 58.3 Å². The van der Waals surface area contributed by atoms with Crippen molar-refractivity contribution in [2.24, 2.45) is 0 Å². The van der Waals surface area contributed by atoms with Crippen LogP contribution in [-0.2, 0) is 0 Å². The van der Waals surface area contributed by atoms with Crippen molar-refractivity contribution in [3.63, 3.8) is 0 Å². The van der Waals surface area contributed by atoms with Crippen LogP contribution in [0.25, 0.3) is 0 Å². The minimum atomic E-state index is -0.0386. The van der Waals surface area contributed by atoms with Crippen LogP contribution in [0.1, 0.15) is 28.2 Å². The molecule has 5 heteroatoms. The summed E-state index contributed by atoms with van der Waals surface area (Å²) in [4.78, 5) is 14.0. The Morgan fingerprint density at radius 1 is 1.32 bits per heavy atom. The van der Waals surface area contributed by atoms with E-state index in [0.717, 1.165) is 10.0 Å². The maximum atomic E-state index is 12.1. The predicted molar refractivity (Wildman–Crippen MR) is 86.1 cm³/mol. The Morgan fingerprint density at radius 2 is 2.00 bits per heavy atom. The Balaban J connectivity index is 2.06. The van der Waals surface area contributed by atoms with E-state index in [0.29, 0.717) is 4.88 Å². The first-order valence-electron chi connectivity index (χ1n) is 5.79. The number of amides is 1. The molecule has 1 amide bonds. The summed E-state index contributed by atoms with van der Waals surface area (Å²) < 4.78 is 0.847. The van der Waals surface area contributed by atoms with E-state index in [2.05, 4.69) is 51.8 Å². The average Bonchev–Trinajstić information content (AvgIpc) is 2.85. The molecule has 1 aromatic carbocycles. The second kappa shape index (κ2) is 6.59. The van der Waals surface area contributed by atoms with Crippen molar-refractivity contribution in [2.45, 2.75) is 17.9 Å². The molecular weight excluding hydrogens is 342 g/mol. The van der Waals surface area contributed by atoms with Gasteiger partial charge in [0.15, 0.2) is 0 Å². The largest absolute Gasteiger partial charge is 0.345 e. The first-order chi connectivity index (χ1) is 9.11. The van der Waals surface area contributed by atoms with Crippen LogP contribution in [0.2, 0.25) is 0 Å². The van der Waals surface area contributed by atoms with Gasteiger partial charge in [0.2, 0.25) is 0 Å². The van der Waals surface area contributed by atoms with E-state index in [-0.39, 0.29) is 11.9 Å². The third kappa shape index (κ3) is 3.61. The highest BCUT2D eigenvalue weighted by Gasteiger charge is 2.14. The average molecular weight is 356 g/mol. The first-order valence-corrected chi connectivity index (χ1v) is 8.69. The van der Waals surface area contributed by atoms with E-state index in [1.165, 1.54) is 16.2 Å². The minimum Gasteiger partial charge on any atom is -0.345 e. The molecule has 0 fully saturated rings. The number of hydrogen-bond acceptors (Lipinski definition) is 3. The molecule has 2 rings (SSSR count). The number of carbonyl (C=O) groups excluding carboxylic acids is 1. The lowest BCUT2D eigenvalue weighted by Gasteiger charge is -2.14. The highest BCUT2D eigenvalue weighted by molar-refractivity contribution is 9.10. The molecule has 2 aromatic rings. The quantitative estimate of drug-likeness (QED) is 0.803. The Bertz CT molecular complexity index is 565. The Kier molecular flexibility index (Phi) is 5.07.